The van der Waals surface area contributed by atoms with Crippen molar-refractivity contribution in [3.63, 3.8) is 0 Å². The fourth-order valence-electron chi connectivity index (χ4n) is 1.64. The summed E-state index contributed by atoms with van der Waals surface area (Å²) in [5.41, 5.74) is 3.12. The van der Waals surface area contributed by atoms with Crippen molar-refractivity contribution < 1.29 is 19.4 Å². The quantitative estimate of drug-likeness (QED) is 0.847. The van der Waals surface area contributed by atoms with Crippen LogP contribution in [0.25, 0.3) is 0 Å². The van der Waals surface area contributed by atoms with E-state index in [0.29, 0.717) is 5.75 Å². The molecule has 5 heteroatoms. The first-order chi connectivity index (χ1) is 8.81. The van der Waals surface area contributed by atoms with Crippen LogP contribution in [0.1, 0.15) is 23.6 Å². The molecule has 0 aliphatic rings. The van der Waals surface area contributed by atoms with Crippen LogP contribution in [0, 0.1) is 20.8 Å². The van der Waals surface area contributed by atoms with E-state index < -0.39 is 17.9 Å². The highest BCUT2D eigenvalue weighted by atomic mass is 16.5. The highest BCUT2D eigenvalue weighted by molar-refractivity contribution is 5.84. The number of carbonyl (C=O) groups excluding carboxylic acids is 1. The Morgan fingerprint density at radius 2 is 1.95 bits per heavy atom. The Bertz CT molecular complexity index is 496. The average Bonchev–Trinajstić information content (AvgIpc) is 2.31. The average molecular weight is 265 g/mol. The monoisotopic (exact) mass is 265 g/mol. The molecule has 1 rings (SSSR count). The van der Waals surface area contributed by atoms with Crippen LogP contribution >= 0.6 is 0 Å². The molecule has 1 aromatic carbocycles. The molecule has 5 nitrogen and oxygen atoms in total. The molecule has 0 saturated heterocycles. The Morgan fingerprint density at radius 3 is 2.53 bits per heavy atom. The molecule has 0 aromatic heterocycles. The second-order valence-corrected chi connectivity index (χ2v) is 4.62. The summed E-state index contributed by atoms with van der Waals surface area (Å²) in [5.74, 6) is -0.875. The molecule has 104 valence electrons. The smallest absolute Gasteiger partial charge is 0.325 e. The Kier molecular flexibility index (Phi) is 4.92. The molecular weight excluding hydrogens is 246 g/mol. The van der Waals surface area contributed by atoms with Crippen LogP contribution in [0.4, 0.5) is 0 Å². The fourth-order valence-corrected chi connectivity index (χ4v) is 1.64. The van der Waals surface area contributed by atoms with Crippen molar-refractivity contribution >= 4 is 11.9 Å². The highest BCUT2D eigenvalue weighted by Gasteiger charge is 2.14. The standard InChI is InChI=1S/C14H19NO4/c1-8-5-9(2)10(3)12(6-8)19-7-13(16)15-11(4)14(17)18/h5-6,11H,7H2,1-4H3,(H,15,16)(H,17,18). The third kappa shape index (κ3) is 4.28. The molecule has 0 heterocycles. The summed E-state index contributed by atoms with van der Waals surface area (Å²) in [5, 5.41) is 11.0. The van der Waals surface area contributed by atoms with Crippen LogP contribution in [0.5, 0.6) is 5.75 Å². The van der Waals surface area contributed by atoms with Crippen molar-refractivity contribution in [2.45, 2.75) is 33.7 Å². The van der Waals surface area contributed by atoms with Crippen molar-refractivity contribution in [1.82, 2.24) is 5.32 Å². The van der Waals surface area contributed by atoms with E-state index in [4.69, 9.17) is 9.84 Å². The molecule has 1 unspecified atom stereocenters. The molecule has 1 amide bonds. The van der Waals surface area contributed by atoms with Gasteiger partial charge < -0.3 is 15.2 Å². The lowest BCUT2D eigenvalue weighted by Crippen LogP contribution is -2.40. The summed E-state index contributed by atoms with van der Waals surface area (Å²) in [6, 6.07) is 2.97. The van der Waals surface area contributed by atoms with Gasteiger partial charge in [0.05, 0.1) is 0 Å². The maximum absolute atomic E-state index is 11.5. The Morgan fingerprint density at radius 1 is 1.32 bits per heavy atom. The van der Waals surface area contributed by atoms with E-state index >= 15 is 0 Å². The number of ether oxygens (including phenoxy) is 1. The van der Waals surface area contributed by atoms with E-state index in [1.54, 1.807) is 0 Å². The summed E-state index contributed by atoms with van der Waals surface area (Å²) in [7, 11) is 0. The van der Waals surface area contributed by atoms with Crippen LogP contribution < -0.4 is 10.1 Å². The fraction of sp³-hybridized carbons (Fsp3) is 0.429. The number of carboxylic acids is 1. The van der Waals surface area contributed by atoms with Crippen molar-refractivity contribution in [3.8, 4) is 5.75 Å². The van der Waals surface area contributed by atoms with Gasteiger partial charge in [-0.1, -0.05) is 6.07 Å². The first-order valence-electron chi connectivity index (χ1n) is 6.04. The second kappa shape index (κ2) is 6.22. The van der Waals surface area contributed by atoms with E-state index in [1.165, 1.54) is 6.92 Å². The Labute approximate surface area is 112 Å². The first kappa shape index (κ1) is 15.0. The van der Waals surface area contributed by atoms with Crippen LogP contribution in [-0.4, -0.2) is 29.6 Å². The second-order valence-electron chi connectivity index (χ2n) is 4.62. The molecule has 19 heavy (non-hydrogen) atoms. The van der Waals surface area contributed by atoms with Crippen molar-refractivity contribution in [2.24, 2.45) is 0 Å². The normalized spacial score (nSPS) is 11.8. The van der Waals surface area contributed by atoms with E-state index in [1.807, 2.05) is 32.9 Å². The minimum absolute atomic E-state index is 0.193. The number of carbonyl (C=O) groups is 2. The lowest BCUT2D eigenvalue weighted by molar-refractivity contribution is -0.141. The van der Waals surface area contributed by atoms with Gasteiger partial charge in [-0.3, -0.25) is 9.59 Å². The number of hydrogen-bond acceptors (Lipinski definition) is 3. The highest BCUT2D eigenvalue weighted by Crippen LogP contribution is 2.23. The van der Waals surface area contributed by atoms with Gasteiger partial charge in [-0.15, -0.1) is 0 Å². The zero-order valence-electron chi connectivity index (χ0n) is 11.6. The number of amides is 1. The first-order valence-corrected chi connectivity index (χ1v) is 6.04. The lowest BCUT2D eigenvalue weighted by Gasteiger charge is -2.13. The molecule has 1 aromatic rings. The predicted molar refractivity (Wildman–Crippen MR) is 71.4 cm³/mol. The van der Waals surface area contributed by atoms with Crippen LogP contribution in [0.2, 0.25) is 0 Å². The number of rotatable bonds is 5. The summed E-state index contributed by atoms with van der Waals surface area (Å²) in [6.45, 7) is 7.05. The third-order valence-electron chi connectivity index (χ3n) is 2.87. The number of aliphatic carboxylic acids is 1. The topological polar surface area (TPSA) is 75.6 Å². The molecule has 0 radical (unpaired) electrons. The van der Waals surface area contributed by atoms with Gasteiger partial charge in [0.15, 0.2) is 6.61 Å². The number of benzene rings is 1. The molecule has 0 fully saturated rings. The third-order valence-corrected chi connectivity index (χ3v) is 2.87. The molecule has 0 bridgehead atoms. The number of aryl methyl sites for hydroxylation is 2. The Balaban J connectivity index is 2.62. The van der Waals surface area contributed by atoms with Crippen molar-refractivity contribution in [2.75, 3.05) is 6.61 Å². The summed E-state index contributed by atoms with van der Waals surface area (Å²) in [4.78, 5) is 22.1. The van der Waals surface area contributed by atoms with E-state index in [-0.39, 0.29) is 6.61 Å². The van der Waals surface area contributed by atoms with Gasteiger partial charge in [0.2, 0.25) is 0 Å². The van der Waals surface area contributed by atoms with Gasteiger partial charge in [0.25, 0.3) is 5.91 Å². The van der Waals surface area contributed by atoms with Gasteiger partial charge in [0.1, 0.15) is 11.8 Å². The summed E-state index contributed by atoms with van der Waals surface area (Å²) < 4.78 is 5.44. The molecule has 0 spiro atoms. The number of nitrogens with one attached hydrogen (secondary N) is 1. The number of hydrogen-bond donors (Lipinski definition) is 2. The minimum atomic E-state index is -1.07. The summed E-state index contributed by atoms with van der Waals surface area (Å²) in [6.07, 6.45) is 0. The van der Waals surface area contributed by atoms with Gasteiger partial charge in [0, 0.05) is 0 Å². The van der Waals surface area contributed by atoms with E-state index in [2.05, 4.69) is 5.32 Å². The molecule has 0 saturated carbocycles. The van der Waals surface area contributed by atoms with Gasteiger partial charge in [-0.2, -0.15) is 0 Å². The molecule has 2 N–H and O–H groups in total. The van der Waals surface area contributed by atoms with E-state index in [9.17, 15) is 9.59 Å². The SMILES string of the molecule is Cc1cc(C)c(C)c(OCC(=O)NC(C)C(=O)O)c1. The van der Waals surface area contributed by atoms with Gasteiger partial charge in [-0.25, -0.2) is 0 Å². The van der Waals surface area contributed by atoms with Crippen LogP contribution in [-0.2, 0) is 9.59 Å². The number of carboxylic acid groups (broad SMARTS) is 1. The van der Waals surface area contributed by atoms with Gasteiger partial charge >= 0.3 is 5.97 Å². The molecular formula is C14H19NO4. The minimum Gasteiger partial charge on any atom is -0.483 e. The van der Waals surface area contributed by atoms with Crippen LogP contribution in [0.15, 0.2) is 12.1 Å². The zero-order valence-corrected chi connectivity index (χ0v) is 11.6. The Hall–Kier alpha value is -2.04. The van der Waals surface area contributed by atoms with E-state index in [0.717, 1.165) is 16.7 Å². The molecule has 1 atom stereocenters. The molecule has 0 aliphatic heterocycles. The van der Waals surface area contributed by atoms with Crippen LogP contribution in [0.3, 0.4) is 0 Å². The zero-order chi connectivity index (χ0) is 14.6. The summed E-state index contributed by atoms with van der Waals surface area (Å²) >= 11 is 0. The maximum Gasteiger partial charge on any atom is 0.325 e. The van der Waals surface area contributed by atoms with Gasteiger partial charge in [-0.05, 0) is 50.5 Å². The van der Waals surface area contributed by atoms with Crippen molar-refractivity contribution in [3.05, 3.63) is 28.8 Å². The molecule has 0 aliphatic carbocycles. The van der Waals surface area contributed by atoms with Crippen molar-refractivity contribution in [1.29, 1.82) is 0 Å². The lowest BCUT2D eigenvalue weighted by atomic mass is 10.1. The maximum atomic E-state index is 11.5. The predicted octanol–water partition coefficient (Wildman–Crippen LogP) is 1.58. The largest absolute Gasteiger partial charge is 0.483 e.